The summed E-state index contributed by atoms with van der Waals surface area (Å²) in [6.07, 6.45) is 3.06. The number of hydrogen-bond acceptors (Lipinski definition) is 11. The number of rotatable bonds is 28. The van der Waals surface area contributed by atoms with Crippen molar-refractivity contribution >= 4 is 58.2 Å². The summed E-state index contributed by atoms with van der Waals surface area (Å²) in [6.45, 7) is 23.7. The number of hydrogen-bond donors (Lipinski definition) is 2. The molecule has 580 valence electrons. The van der Waals surface area contributed by atoms with Gasteiger partial charge in [0, 0.05) is 77.4 Å². The summed E-state index contributed by atoms with van der Waals surface area (Å²) in [5.41, 5.74) is 14.2. The van der Waals surface area contributed by atoms with Crippen LogP contribution in [-0.4, -0.2) is 114 Å². The van der Waals surface area contributed by atoms with Crippen LogP contribution in [0.2, 0.25) is 0 Å². The van der Waals surface area contributed by atoms with Gasteiger partial charge in [0.1, 0.15) is 19.4 Å². The lowest BCUT2D eigenvalue weighted by molar-refractivity contribution is -0.129. The summed E-state index contributed by atoms with van der Waals surface area (Å²) in [5, 5.41) is 5.52. The van der Waals surface area contributed by atoms with Crippen LogP contribution < -0.4 is 30.2 Å². The van der Waals surface area contributed by atoms with Crippen LogP contribution in [-0.2, 0) is 78.6 Å². The lowest BCUT2D eigenvalue weighted by Crippen LogP contribution is -2.37. The highest BCUT2D eigenvalue weighted by molar-refractivity contribution is 6.07. The third kappa shape index (κ3) is 27.0. The molecule has 8 aromatic rings. The van der Waals surface area contributed by atoms with Crippen molar-refractivity contribution in [3.05, 3.63) is 261 Å². The highest BCUT2D eigenvalue weighted by Gasteiger charge is 2.27. The number of carbonyl (C=O) groups is 6. The minimum atomic E-state index is -0.328. The first-order chi connectivity index (χ1) is 54.4. The highest BCUT2D eigenvalue weighted by atomic mass is 16.5. The number of fused-ring (bicyclic) bond motifs is 8. The van der Waals surface area contributed by atoms with E-state index in [0.717, 1.165) is 109 Å². The van der Waals surface area contributed by atoms with Gasteiger partial charge < -0.3 is 53.9 Å². The Labute approximate surface area is 662 Å². The molecule has 0 aliphatic carbocycles. The van der Waals surface area contributed by atoms with E-state index in [2.05, 4.69) is 99.5 Å². The van der Waals surface area contributed by atoms with E-state index in [4.69, 9.17) is 23.7 Å². The molecule has 0 atom stereocenters. The van der Waals surface area contributed by atoms with Crippen molar-refractivity contribution in [1.29, 1.82) is 0 Å². The number of para-hydroxylation sites is 4. The number of benzene rings is 8. The first-order valence-electron chi connectivity index (χ1n) is 38.8. The Balaban J connectivity index is 0.000000172. The minimum Gasteiger partial charge on any atom is -0.381 e. The lowest BCUT2D eigenvalue weighted by atomic mass is 10.0. The Morgan fingerprint density at radius 3 is 0.929 bits per heavy atom. The van der Waals surface area contributed by atoms with Gasteiger partial charge in [-0.15, -0.1) is 0 Å². The molecule has 0 aromatic heterocycles. The van der Waals surface area contributed by atoms with Crippen LogP contribution >= 0.6 is 0 Å². The van der Waals surface area contributed by atoms with Gasteiger partial charge in [0.05, 0.1) is 94.5 Å². The Bertz CT molecular complexity index is 4770. The molecule has 0 spiro atoms. The Hall–Kier alpha value is -11.4. The van der Waals surface area contributed by atoms with E-state index in [0.29, 0.717) is 116 Å². The molecule has 4 heterocycles. The van der Waals surface area contributed by atoms with Gasteiger partial charge in [0.2, 0.25) is 29.5 Å². The molecule has 6 amide bonds. The molecule has 0 unspecified atom stereocenters. The fourth-order valence-corrected chi connectivity index (χ4v) is 12.1. The maximum Gasteiger partial charge on any atom is 0.253 e. The van der Waals surface area contributed by atoms with Crippen molar-refractivity contribution in [2.45, 2.75) is 126 Å². The number of nitrogens with one attached hydrogen (secondary N) is 2. The van der Waals surface area contributed by atoms with E-state index >= 15 is 0 Å². The molecular weight excluding hydrogens is 1400 g/mol. The molecule has 0 radical (unpaired) electrons. The molecule has 17 nitrogen and oxygen atoms in total. The van der Waals surface area contributed by atoms with E-state index in [9.17, 15) is 28.8 Å². The van der Waals surface area contributed by atoms with Crippen LogP contribution in [0.1, 0.15) is 161 Å². The predicted molar refractivity (Wildman–Crippen MR) is 443 cm³/mol. The van der Waals surface area contributed by atoms with Crippen molar-refractivity contribution in [3.8, 4) is 47.4 Å². The van der Waals surface area contributed by atoms with Gasteiger partial charge in [-0.25, -0.2) is 0 Å². The second kappa shape index (κ2) is 45.1. The van der Waals surface area contributed by atoms with Gasteiger partial charge in [-0.2, -0.15) is 0 Å². The van der Waals surface area contributed by atoms with Gasteiger partial charge >= 0.3 is 0 Å². The maximum atomic E-state index is 13.1. The molecule has 112 heavy (non-hydrogen) atoms. The smallest absolute Gasteiger partial charge is 0.253 e. The number of amides is 6. The largest absolute Gasteiger partial charge is 0.381 e. The van der Waals surface area contributed by atoms with Crippen LogP contribution in [0.5, 0.6) is 0 Å². The third-order valence-electron chi connectivity index (χ3n) is 18.3. The Kier molecular flexibility index (Phi) is 34.1. The molecule has 12 rings (SSSR count). The number of anilines is 4. The average molecular weight is 1510 g/mol. The fraction of sp³-hybridized carbons (Fsp3) is 0.347. The molecular formula is C95H104N6O11. The SMILES string of the molecule is CC(C)CCOCC(=O)N1Cc2ccccc2C#Cc2ccccc21.CC(C)CCOCCC(=O)N1Cc2ccccc2C#Cc2ccccc21.CC(C)CCOCCNC(=O)CC(=O)N1Cc2ccccc2C#Cc2ccccc21.CC(C)OCCOCCNC(=O)CC(=O)N1Cc2ccccc2C#Cc2ccccc21. The second-order valence-corrected chi connectivity index (χ2v) is 28.8. The number of ether oxygens (including phenoxy) is 5. The highest BCUT2D eigenvalue weighted by Crippen LogP contribution is 2.31. The summed E-state index contributed by atoms with van der Waals surface area (Å²) in [4.78, 5) is 83.4. The zero-order valence-corrected chi connectivity index (χ0v) is 65.9. The third-order valence-corrected chi connectivity index (χ3v) is 18.3. The molecule has 4 aliphatic rings. The van der Waals surface area contributed by atoms with Gasteiger partial charge in [-0.05, 0) is 146 Å². The minimum absolute atomic E-state index is 0.0327. The maximum absolute atomic E-state index is 13.1. The van der Waals surface area contributed by atoms with Crippen molar-refractivity contribution in [3.63, 3.8) is 0 Å². The molecule has 0 saturated heterocycles. The monoisotopic (exact) mass is 1500 g/mol. The number of nitrogens with zero attached hydrogens (tertiary/aromatic N) is 4. The fourth-order valence-electron chi connectivity index (χ4n) is 12.1. The zero-order chi connectivity index (χ0) is 79.4. The van der Waals surface area contributed by atoms with Gasteiger partial charge in [0.25, 0.3) is 5.91 Å². The summed E-state index contributed by atoms with van der Waals surface area (Å²) in [5.74, 6) is 26.2. The molecule has 4 aliphatic heterocycles. The van der Waals surface area contributed by atoms with E-state index in [1.165, 1.54) is 0 Å². The Morgan fingerprint density at radius 2 is 0.589 bits per heavy atom. The quantitative estimate of drug-likeness (QED) is 0.0270. The first kappa shape index (κ1) is 84.6. The van der Waals surface area contributed by atoms with E-state index < -0.39 is 0 Å². The Morgan fingerprint density at radius 1 is 0.312 bits per heavy atom. The van der Waals surface area contributed by atoms with Crippen LogP contribution in [0.3, 0.4) is 0 Å². The van der Waals surface area contributed by atoms with Crippen LogP contribution in [0.4, 0.5) is 22.7 Å². The molecule has 0 saturated carbocycles. The number of carbonyl (C=O) groups excluding carboxylic acids is 6. The normalized spacial score (nSPS) is 12.3. The van der Waals surface area contributed by atoms with E-state index in [1.54, 1.807) is 14.7 Å². The van der Waals surface area contributed by atoms with E-state index in [1.807, 2.05) is 213 Å². The zero-order valence-electron chi connectivity index (χ0n) is 65.9. The van der Waals surface area contributed by atoms with Crippen LogP contribution in [0.25, 0.3) is 0 Å². The summed E-state index contributed by atoms with van der Waals surface area (Å²) in [7, 11) is 0. The lowest BCUT2D eigenvalue weighted by Gasteiger charge is -2.26. The molecule has 2 N–H and O–H groups in total. The van der Waals surface area contributed by atoms with Crippen LogP contribution in [0.15, 0.2) is 194 Å². The van der Waals surface area contributed by atoms with Gasteiger partial charge in [0.15, 0.2) is 0 Å². The van der Waals surface area contributed by atoms with Gasteiger partial charge in [-0.1, -0.05) is 210 Å². The summed E-state index contributed by atoms with van der Waals surface area (Å²) < 4.78 is 27.6. The molecule has 0 fully saturated rings. The van der Waals surface area contributed by atoms with E-state index in [-0.39, 0.29) is 61.0 Å². The molecule has 8 aromatic carbocycles. The summed E-state index contributed by atoms with van der Waals surface area (Å²) >= 11 is 0. The summed E-state index contributed by atoms with van der Waals surface area (Å²) in [6, 6.07) is 62.2. The standard InChI is InChI=1S/C25H28N2O4.C25H28N2O3.C23H25NO2.C22H23NO2/c1-19(2)31-16-15-30-14-13-26-24(28)17-25(29)27-18-22-9-4-3-7-20(22)11-12-21-8-5-6-10-23(21)27;1-19(2)13-15-30-16-14-26-24(28)17-25(29)27-18-22-9-4-3-7-20(22)11-12-21-8-5-6-10-23(21)27;1-18(2)13-15-26-16-14-23(25)24-17-21-9-4-3-7-19(21)11-12-20-8-5-6-10-22(20)24;1-17(2)13-14-25-16-22(24)23-15-20-9-4-3-7-18(20)11-12-19-8-5-6-10-21(19)23/h3-10,19H,13-18H2,1-2H3,(H,26,28);3-10,19H,13-18H2,1-2H3,(H,26,28);3-10,18H,13-17H2,1-2H3;3-10,17H,13-16H2,1-2H3. The molecule has 17 heteroatoms. The molecule has 0 bridgehead atoms. The van der Waals surface area contributed by atoms with Crippen molar-refractivity contribution in [2.75, 3.05) is 92.2 Å². The predicted octanol–water partition coefficient (Wildman–Crippen LogP) is 14.8. The topological polar surface area (TPSA) is 186 Å². The van der Waals surface area contributed by atoms with Crippen molar-refractivity contribution in [1.82, 2.24) is 10.6 Å². The average Bonchev–Trinajstić information content (AvgIpc) is 0.824. The van der Waals surface area contributed by atoms with Crippen LogP contribution in [0, 0.1) is 65.1 Å². The van der Waals surface area contributed by atoms with Gasteiger partial charge in [-0.3, -0.25) is 28.8 Å². The second-order valence-electron chi connectivity index (χ2n) is 28.8. The van der Waals surface area contributed by atoms with Crippen molar-refractivity contribution < 1.29 is 52.5 Å². The first-order valence-corrected chi connectivity index (χ1v) is 38.8. The van der Waals surface area contributed by atoms with Crippen molar-refractivity contribution in [2.24, 2.45) is 17.8 Å².